The fraction of sp³-hybridized carbons (Fsp3) is 0.417. The van der Waals surface area contributed by atoms with Crippen molar-refractivity contribution in [2.45, 2.75) is 19.0 Å². The molecule has 0 bridgehead atoms. The third kappa shape index (κ3) is 6.37. The van der Waals surface area contributed by atoms with E-state index in [-0.39, 0.29) is 11.9 Å². The summed E-state index contributed by atoms with van der Waals surface area (Å²) in [5.74, 6) is 0.587. The van der Waals surface area contributed by atoms with E-state index in [0.29, 0.717) is 41.8 Å². The Morgan fingerprint density at radius 1 is 1.09 bits per heavy atom. The molecule has 2 aromatic rings. The van der Waals surface area contributed by atoms with Crippen LogP contribution in [0, 0.1) is 0 Å². The van der Waals surface area contributed by atoms with Crippen molar-refractivity contribution in [1.29, 1.82) is 0 Å². The number of benzene rings is 2. The van der Waals surface area contributed by atoms with Gasteiger partial charge in [0.1, 0.15) is 6.04 Å². The zero-order valence-electron chi connectivity index (χ0n) is 19.1. The molecule has 1 fully saturated rings. The van der Waals surface area contributed by atoms with E-state index in [0.717, 1.165) is 18.7 Å². The highest BCUT2D eigenvalue weighted by Gasteiger charge is 2.26. The van der Waals surface area contributed by atoms with Crippen molar-refractivity contribution < 1.29 is 23.8 Å². The van der Waals surface area contributed by atoms with Crippen LogP contribution < -0.4 is 20.1 Å². The lowest BCUT2D eigenvalue weighted by Gasteiger charge is -2.35. The third-order valence-corrected chi connectivity index (χ3v) is 5.94. The van der Waals surface area contributed by atoms with E-state index in [2.05, 4.69) is 15.5 Å². The van der Waals surface area contributed by atoms with Crippen LogP contribution in [0.1, 0.15) is 28.9 Å². The molecule has 2 N–H and O–H groups in total. The molecule has 0 radical (unpaired) electrons. The average molecular weight is 476 g/mol. The standard InChI is InChI=1S/C24H30ClN3O5/c1-16(27-24(30)18-6-4-5-7-19(18)25)23(29)26-15-20(28-10-12-33-13-11-28)17-8-9-21(31-2)22(14-17)32-3/h4-9,14,16,20H,10-13,15H2,1-3H3,(H,26,29)(H,27,30). The third-order valence-electron chi connectivity index (χ3n) is 5.61. The number of amides is 2. The molecule has 2 unspecified atom stereocenters. The maximum absolute atomic E-state index is 12.8. The van der Waals surface area contributed by atoms with Gasteiger partial charge in [0.05, 0.1) is 44.1 Å². The van der Waals surface area contributed by atoms with Gasteiger partial charge in [-0.2, -0.15) is 0 Å². The molecule has 1 aliphatic heterocycles. The van der Waals surface area contributed by atoms with E-state index >= 15 is 0 Å². The summed E-state index contributed by atoms with van der Waals surface area (Å²) in [6.07, 6.45) is 0. The minimum atomic E-state index is -0.732. The summed E-state index contributed by atoms with van der Waals surface area (Å²) in [5.41, 5.74) is 1.32. The Labute approximate surface area is 199 Å². The predicted molar refractivity (Wildman–Crippen MR) is 126 cm³/mol. The van der Waals surface area contributed by atoms with Crippen molar-refractivity contribution in [3.8, 4) is 11.5 Å². The molecule has 0 spiro atoms. The smallest absolute Gasteiger partial charge is 0.253 e. The summed E-state index contributed by atoms with van der Waals surface area (Å²) in [7, 11) is 3.19. The predicted octanol–water partition coefficient (Wildman–Crippen LogP) is 2.67. The molecular weight excluding hydrogens is 446 g/mol. The van der Waals surface area contributed by atoms with Crippen LogP contribution in [-0.2, 0) is 9.53 Å². The molecular formula is C24H30ClN3O5. The van der Waals surface area contributed by atoms with Crippen LogP contribution in [0.2, 0.25) is 5.02 Å². The van der Waals surface area contributed by atoms with Crippen LogP contribution in [0.5, 0.6) is 11.5 Å². The maximum atomic E-state index is 12.8. The molecule has 178 valence electrons. The van der Waals surface area contributed by atoms with Crippen LogP contribution in [0.15, 0.2) is 42.5 Å². The summed E-state index contributed by atoms with van der Waals surface area (Å²) in [5, 5.41) is 6.02. The number of carbonyl (C=O) groups excluding carboxylic acids is 2. The van der Waals surface area contributed by atoms with Crippen LogP contribution in [-0.4, -0.2) is 69.8 Å². The minimum absolute atomic E-state index is 0.0934. The molecule has 33 heavy (non-hydrogen) atoms. The van der Waals surface area contributed by atoms with Gasteiger partial charge in [-0.1, -0.05) is 29.8 Å². The zero-order valence-corrected chi connectivity index (χ0v) is 19.9. The van der Waals surface area contributed by atoms with E-state index in [4.69, 9.17) is 25.8 Å². The highest BCUT2D eigenvalue weighted by Crippen LogP contribution is 2.32. The fourth-order valence-corrected chi connectivity index (χ4v) is 3.96. The second-order valence-electron chi connectivity index (χ2n) is 7.70. The Hall–Kier alpha value is -2.81. The Morgan fingerprint density at radius 2 is 1.79 bits per heavy atom. The highest BCUT2D eigenvalue weighted by molar-refractivity contribution is 6.33. The second-order valence-corrected chi connectivity index (χ2v) is 8.11. The van der Waals surface area contributed by atoms with Crippen LogP contribution in [0.3, 0.4) is 0 Å². The number of rotatable bonds is 9. The van der Waals surface area contributed by atoms with Crippen molar-refractivity contribution in [3.63, 3.8) is 0 Å². The number of halogens is 1. The first-order valence-corrected chi connectivity index (χ1v) is 11.2. The highest BCUT2D eigenvalue weighted by atomic mass is 35.5. The number of ether oxygens (including phenoxy) is 3. The Kier molecular flexibility index (Phi) is 8.94. The van der Waals surface area contributed by atoms with Gasteiger partial charge in [-0.15, -0.1) is 0 Å². The lowest BCUT2D eigenvalue weighted by atomic mass is 10.0. The summed E-state index contributed by atoms with van der Waals surface area (Å²) in [4.78, 5) is 27.5. The van der Waals surface area contributed by atoms with Gasteiger partial charge in [-0.3, -0.25) is 14.5 Å². The van der Waals surface area contributed by atoms with Crippen molar-refractivity contribution in [2.75, 3.05) is 47.1 Å². The van der Waals surface area contributed by atoms with Gasteiger partial charge >= 0.3 is 0 Å². The topological polar surface area (TPSA) is 89.1 Å². The molecule has 2 atom stereocenters. The van der Waals surface area contributed by atoms with E-state index in [1.54, 1.807) is 45.4 Å². The maximum Gasteiger partial charge on any atom is 0.253 e. The van der Waals surface area contributed by atoms with Crippen molar-refractivity contribution in [1.82, 2.24) is 15.5 Å². The van der Waals surface area contributed by atoms with E-state index in [9.17, 15) is 9.59 Å². The lowest BCUT2D eigenvalue weighted by Crippen LogP contribution is -2.48. The molecule has 1 saturated heterocycles. The Balaban J connectivity index is 1.69. The van der Waals surface area contributed by atoms with Gasteiger partial charge in [0, 0.05) is 19.6 Å². The van der Waals surface area contributed by atoms with Gasteiger partial charge in [0.25, 0.3) is 5.91 Å². The number of nitrogens with zero attached hydrogens (tertiary/aromatic N) is 1. The number of methoxy groups -OCH3 is 2. The SMILES string of the molecule is COc1ccc(C(CNC(=O)C(C)NC(=O)c2ccccc2Cl)N2CCOCC2)cc1OC. The molecule has 1 heterocycles. The summed E-state index contributed by atoms with van der Waals surface area (Å²) < 4.78 is 16.3. The molecule has 0 saturated carbocycles. The summed E-state index contributed by atoms with van der Waals surface area (Å²) >= 11 is 6.09. The lowest BCUT2D eigenvalue weighted by molar-refractivity contribution is -0.122. The first-order valence-electron chi connectivity index (χ1n) is 10.8. The molecule has 2 aromatic carbocycles. The number of hydrogen-bond donors (Lipinski definition) is 2. The molecule has 8 nitrogen and oxygen atoms in total. The van der Waals surface area contributed by atoms with Crippen molar-refractivity contribution >= 4 is 23.4 Å². The van der Waals surface area contributed by atoms with Crippen molar-refractivity contribution in [3.05, 3.63) is 58.6 Å². The zero-order chi connectivity index (χ0) is 23.8. The fourth-order valence-electron chi connectivity index (χ4n) is 3.74. The number of morpholine rings is 1. The monoisotopic (exact) mass is 475 g/mol. The van der Waals surface area contributed by atoms with E-state index in [1.807, 2.05) is 18.2 Å². The Bertz CT molecular complexity index is 965. The second kappa shape index (κ2) is 11.9. The molecule has 0 aromatic heterocycles. The number of hydrogen-bond acceptors (Lipinski definition) is 6. The van der Waals surface area contributed by atoms with Gasteiger partial charge < -0.3 is 24.8 Å². The van der Waals surface area contributed by atoms with Crippen LogP contribution in [0.4, 0.5) is 0 Å². The summed E-state index contributed by atoms with van der Waals surface area (Å²) in [6.45, 7) is 4.75. The largest absolute Gasteiger partial charge is 0.493 e. The van der Waals surface area contributed by atoms with Gasteiger partial charge in [0.2, 0.25) is 5.91 Å². The quantitative estimate of drug-likeness (QED) is 0.579. The molecule has 9 heteroatoms. The molecule has 1 aliphatic rings. The van der Waals surface area contributed by atoms with Gasteiger partial charge in [0.15, 0.2) is 11.5 Å². The number of nitrogens with one attached hydrogen (secondary N) is 2. The Morgan fingerprint density at radius 3 is 2.45 bits per heavy atom. The first kappa shape index (κ1) is 24.8. The van der Waals surface area contributed by atoms with E-state index < -0.39 is 11.9 Å². The van der Waals surface area contributed by atoms with Crippen LogP contribution >= 0.6 is 11.6 Å². The van der Waals surface area contributed by atoms with Crippen molar-refractivity contribution in [2.24, 2.45) is 0 Å². The molecule has 0 aliphatic carbocycles. The van der Waals surface area contributed by atoms with E-state index in [1.165, 1.54) is 0 Å². The first-order chi connectivity index (χ1) is 15.9. The molecule has 3 rings (SSSR count). The minimum Gasteiger partial charge on any atom is -0.493 e. The normalized spacial score (nSPS) is 15.9. The summed E-state index contributed by atoms with van der Waals surface area (Å²) in [6, 6.07) is 11.6. The molecule has 2 amide bonds. The van der Waals surface area contributed by atoms with Gasteiger partial charge in [-0.25, -0.2) is 0 Å². The number of carbonyl (C=O) groups is 2. The van der Waals surface area contributed by atoms with Crippen LogP contribution in [0.25, 0.3) is 0 Å². The van der Waals surface area contributed by atoms with Gasteiger partial charge in [-0.05, 0) is 36.8 Å². The average Bonchev–Trinajstić information content (AvgIpc) is 2.84.